The Bertz CT molecular complexity index is 590. The van der Waals surface area contributed by atoms with Crippen LogP contribution in [-0.4, -0.2) is 82.6 Å². The molecule has 1 aliphatic heterocycles. The van der Waals surface area contributed by atoms with Gasteiger partial charge in [-0.25, -0.2) is 4.98 Å². The maximum atomic E-state index is 12.6. The van der Waals surface area contributed by atoms with Gasteiger partial charge in [0.25, 0.3) is 5.91 Å². The van der Waals surface area contributed by atoms with Gasteiger partial charge >= 0.3 is 0 Å². The van der Waals surface area contributed by atoms with E-state index in [1.807, 2.05) is 11.0 Å². The number of carbonyl (C=O) groups is 1. The van der Waals surface area contributed by atoms with Crippen molar-refractivity contribution in [2.45, 2.75) is 52.2 Å². The van der Waals surface area contributed by atoms with Gasteiger partial charge in [0, 0.05) is 45.8 Å². The Labute approximate surface area is 169 Å². The van der Waals surface area contributed by atoms with Crippen LogP contribution in [-0.2, 0) is 6.54 Å². The molecule has 1 saturated heterocycles. The van der Waals surface area contributed by atoms with Crippen LogP contribution in [0.5, 0.6) is 0 Å². The number of piperazine rings is 1. The van der Waals surface area contributed by atoms with Crippen molar-refractivity contribution >= 4 is 5.91 Å². The van der Waals surface area contributed by atoms with E-state index in [1.165, 1.54) is 6.26 Å². The molecule has 158 valence electrons. The second-order valence-corrected chi connectivity index (χ2v) is 7.52. The highest BCUT2D eigenvalue weighted by Gasteiger charge is 2.22. The fourth-order valence-electron chi connectivity index (χ4n) is 3.52. The van der Waals surface area contributed by atoms with Gasteiger partial charge in [0.1, 0.15) is 6.26 Å². The number of β-amino-alcohol motifs (C(OH)–C–C–N with tert-alkyl or cyclic N) is 1. The predicted molar refractivity (Wildman–Crippen MR) is 110 cm³/mol. The number of oxazole rings is 1. The largest absolute Gasteiger partial charge is 0.447 e. The zero-order chi connectivity index (χ0) is 20.4. The molecule has 1 aliphatic rings. The van der Waals surface area contributed by atoms with Crippen LogP contribution in [0.2, 0.25) is 0 Å². The number of aromatic nitrogens is 1. The maximum absolute atomic E-state index is 12.6. The molecule has 0 bridgehead atoms. The van der Waals surface area contributed by atoms with E-state index in [2.05, 4.69) is 35.2 Å². The summed E-state index contributed by atoms with van der Waals surface area (Å²) in [6, 6.07) is 0. The Hall–Kier alpha value is -1.70. The highest BCUT2D eigenvalue weighted by atomic mass is 16.3. The summed E-state index contributed by atoms with van der Waals surface area (Å²) in [5, 5.41) is 10.0. The Balaban J connectivity index is 1.79. The maximum Gasteiger partial charge on any atom is 0.275 e. The monoisotopic (exact) mass is 392 g/mol. The van der Waals surface area contributed by atoms with Gasteiger partial charge in [-0.05, 0) is 25.7 Å². The van der Waals surface area contributed by atoms with Crippen LogP contribution >= 0.6 is 0 Å². The summed E-state index contributed by atoms with van der Waals surface area (Å²) >= 11 is 0. The van der Waals surface area contributed by atoms with E-state index in [1.54, 1.807) is 0 Å². The van der Waals surface area contributed by atoms with Gasteiger partial charge in [0.05, 0.1) is 12.6 Å². The van der Waals surface area contributed by atoms with E-state index >= 15 is 0 Å². The third kappa shape index (κ3) is 7.04. The molecule has 2 rings (SSSR count). The van der Waals surface area contributed by atoms with Crippen LogP contribution < -0.4 is 0 Å². The van der Waals surface area contributed by atoms with Gasteiger partial charge in [-0.15, -0.1) is 6.58 Å². The van der Waals surface area contributed by atoms with Crippen molar-refractivity contribution in [2.24, 2.45) is 0 Å². The molecule has 1 aromatic rings. The number of nitrogens with zero attached hydrogens (tertiary/aromatic N) is 4. The van der Waals surface area contributed by atoms with Crippen molar-refractivity contribution in [1.29, 1.82) is 0 Å². The summed E-state index contributed by atoms with van der Waals surface area (Å²) in [5.74, 6) is 0.549. The lowest BCUT2D eigenvalue weighted by molar-refractivity contribution is 0.0642. The average Bonchev–Trinajstić information content (AvgIpc) is 3.15. The van der Waals surface area contributed by atoms with Crippen molar-refractivity contribution in [3.63, 3.8) is 0 Å². The van der Waals surface area contributed by atoms with Crippen LogP contribution in [0.1, 0.15) is 55.9 Å². The molecule has 1 amide bonds. The lowest BCUT2D eigenvalue weighted by atomic mass is 10.1. The van der Waals surface area contributed by atoms with E-state index in [0.717, 1.165) is 65.0 Å². The number of amides is 1. The minimum atomic E-state index is -0.293. The van der Waals surface area contributed by atoms with Crippen molar-refractivity contribution in [3.8, 4) is 0 Å². The highest BCUT2D eigenvalue weighted by Crippen LogP contribution is 2.12. The van der Waals surface area contributed by atoms with Crippen molar-refractivity contribution in [3.05, 3.63) is 30.5 Å². The van der Waals surface area contributed by atoms with Gasteiger partial charge in [-0.3, -0.25) is 14.6 Å². The lowest BCUT2D eigenvalue weighted by Crippen LogP contribution is -2.48. The van der Waals surface area contributed by atoms with Crippen LogP contribution in [0.15, 0.2) is 23.3 Å². The second-order valence-electron chi connectivity index (χ2n) is 7.52. The molecular formula is C21H36N4O3. The summed E-state index contributed by atoms with van der Waals surface area (Å²) in [5.41, 5.74) is 0.404. The molecule has 2 heterocycles. The summed E-state index contributed by atoms with van der Waals surface area (Å²) in [4.78, 5) is 23.5. The van der Waals surface area contributed by atoms with Gasteiger partial charge in [-0.2, -0.15) is 0 Å². The molecule has 7 nitrogen and oxygen atoms in total. The first-order valence-corrected chi connectivity index (χ1v) is 10.5. The van der Waals surface area contributed by atoms with Crippen LogP contribution in [0.3, 0.4) is 0 Å². The Kier molecular flexibility index (Phi) is 9.67. The molecule has 0 radical (unpaired) electrons. The summed E-state index contributed by atoms with van der Waals surface area (Å²) in [6.07, 6.45) is 6.53. The van der Waals surface area contributed by atoms with E-state index in [9.17, 15) is 9.90 Å². The van der Waals surface area contributed by atoms with E-state index < -0.39 is 0 Å². The number of aliphatic hydroxyl groups excluding tert-OH is 1. The Morgan fingerprint density at radius 3 is 2.54 bits per heavy atom. The zero-order valence-corrected chi connectivity index (χ0v) is 17.5. The van der Waals surface area contributed by atoms with Gasteiger partial charge in [0.15, 0.2) is 5.69 Å². The first-order valence-electron chi connectivity index (χ1n) is 10.5. The van der Waals surface area contributed by atoms with Crippen molar-refractivity contribution < 1.29 is 14.3 Å². The first-order chi connectivity index (χ1) is 13.6. The van der Waals surface area contributed by atoms with E-state index in [4.69, 9.17) is 4.42 Å². The molecule has 7 heteroatoms. The highest BCUT2D eigenvalue weighted by molar-refractivity contribution is 5.91. The molecule has 0 saturated carbocycles. The molecule has 1 N–H and O–H groups in total. The number of carbonyl (C=O) groups excluding carboxylic acids is 1. The quantitative estimate of drug-likeness (QED) is 0.551. The standard InChI is InChI=1S/C21H36N4O3/c1-4-7-8-18(26)15-23-11-13-24(14-12-23)16-20-22-19(17-28-20)21(27)25(9-5-2)10-6-3/h4,17-18,26H,1,5-16H2,2-3H3. The summed E-state index contributed by atoms with van der Waals surface area (Å²) < 4.78 is 5.57. The normalized spacial score (nSPS) is 16.8. The average molecular weight is 393 g/mol. The summed E-state index contributed by atoms with van der Waals surface area (Å²) in [6.45, 7) is 14.3. The van der Waals surface area contributed by atoms with Crippen LogP contribution in [0.25, 0.3) is 0 Å². The number of aliphatic hydroxyl groups is 1. The van der Waals surface area contributed by atoms with E-state index in [-0.39, 0.29) is 12.0 Å². The lowest BCUT2D eigenvalue weighted by Gasteiger charge is -2.34. The van der Waals surface area contributed by atoms with E-state index in [0.29, 0.717) is 24.7 Å². The Morgan fingerprint density at radius 1 is 1.29 bits per heavy atom. The number of hydrogen-bond donors (Lipinski definition) is 1. The molecule has 1 atom stereocenters. The smallest absolute Gasteiger partial charge is 0.275 e. The van der Waals surface area contributed by atoms with Crippen LogP contribution in [0.4, 0.5) is 0 Å². The molecule has 28 heavy (non-hydrogen) atoms. The van der Waals surface area contributed by atoms with Crippen LogP contribution in [0, 0.1) is 0 Å². The SMILES string of the molecule is C=CCCC(O)CN1CCN(Cc2nc(C(=O)N(CCC)CCC)co2)CC1. The van der Waals surface area contributed by atoms with Crippen molar-refractivity contribution in [2.75, 3.05) is 45.8 Å². The second kappa shape index (κ2) is 12.0. The van der Waals surface area contributed by atoms with Gasteiger partial charge < -0.3 is 14.4 Å². The topological polar surface area (TPSA) is 73.1 Å². The molecular weight excluding hydrogens is 356 g/mol. The minimum Gasteiger partial charge on any atom is -0.447 e. The fourth-order valence-corrected chi connectivity index (χ4v) is 3.52. The molecule has 1 unspecified atom stereocenters. The van der Waals surface area contributed by atoms with Crippen molar-refractivity contribution in [1.82, 2.24) is 19.7 Å². The number of rotatable bonds is 12. The molecule has 1 aromatic heterocycles. The molecule has 0 spiro atoms. The molecule has 0 aliphatic carbocycles. The predicted octanol–water partition coefficient (Wildman–Crippen LogP) is 2.38. The number of hydrogen-bond acceptors (Lipinski definition) is 6. The molecule has 0 aromatic carbocycles. The fraction of sp³-hybridized carbons (Fsp3) is 0.714. The molecule has 1 fully saturated rings. The third-order valence-electron chi connectivity index (χ3n) is 5.04. The first kappa shape index (κ1) is 22.6. The van der Waals surface area contributed by atoms with Gasteiger partial charge in [-0.1, -0.05) is 19.9 Å². The number of allylic oxidation sites excluding steroid dienone is 1. The van der Waals surface area contributed by atoms with Gasteiger partial charge in [0.2, 0.25) is 5.89 Å². The minimum absolute atomic E-state index is 0.0444. The third-order valence-corrected chi connectivity index (χ3v) is 5.04. The zero-order valence-electron chi connectivity index (χ0n) is 17.5. The summed E-state index contributed by atoms with van der Waals surface area (Å²) in [7, 11) is 0. The Morgan fingerprint density at radius 2 is 1.93 bits per heavy atom.